The highest BCUT2D eigenvalue weighted by Gasteiger charge is 2.40. The van der Waals surface area contributed by atoms with Crippen molar-refractivity contribution < 1.29 is 0 Å². The van der Waals surface area contributed by atoms with Crippen LogP contribution in [0.4, 0.5) is 5.69 Å². The van der Waals surface area contributed by atoms with Gasteiger partial charge in [-0.3, -0.25) is 4.99 Å². The summed E-state index contributed by atoms with van der Waals surface area (Å²) in [5, 5.41) is 3.78. The molecule has 0 aliphatic carbocycles. The second-order valence-electron chi connectivity index (χ2n) is 10.2. The van der Waals surface area contributed by atoms with Gasteiger partial charge in [-0.1, -0.05) is 109 Å². The van der Waals surface area contributed by atoms with Crippen molar-refractivity contribution in [2.75, 3.05) is 0 Å². The summed E-state index contributed by atoms with van der Waals surface area (Å²) in [6.45, 7) is 10.6. The second-order valence-corrected chi connectivity index (χ2v) is 13.6. The molecule has 1 N–H and O–H groups in total. The molecule has 39 heavy (non-hydrogen) atoms. The van der Waals surface area contributed by atoms with Gasteiger partial charge in [0.05, 0.1) is 22.8 Å². The van der Waals surface area contributed by atoms with Crippen LogP contribution >= 0.6 is 0 Å². The van der Waals surface area contributed by atoms with Gasteiger partial charge in [0.15, 0.2) is 0 Å². The zero-order valence-corrected chi connectivity index (χ0v) is 24.4. The Morgan fingerprint density at radius 1 is 0.564 bits per heavy atom. The van der Waals surface area contributed by atoms with Crippen LogP contribution in [0.1, 0.15) is 41.9 Å². The summed E-state index contributed by atoms with van der Waals surface area (Å²) in [6.07, 6.45) is 0. The maximum absolute atomic E-state index is 5.67. The molecule has 4 aromatic carbocycles. The molecule has 4 heteroatoms. The summed E-state index contributed by atoms with van der Waals surface area (Å²) < 4.78 is 5.67. The molecule has 0 bridgehead atoms. The lowest BCUT2D eigenvalue weighted by Gasteiger charge is -2.30. The first-order chi connectivity index (χ1) is 18.9. The van der Waals surface area contributed by atoms with Gasteiger partial charge in [-0.15, -0.1) is 0 Å². The highest BCUT2D eigenvalue weighted by atomic mass is 28.3. The van der Waals surface area contributed by atoms with E-state index in [2.05, 4.69) is 155 Å². The Hall–Kier alpha value is -4.28. The molecule has 5 aromatic rings. The molecule has 5 rings (SSSR count). The molecule has 0 amide bonds. The predicted octanol–water partition coefficient (Wildman–Crippen LogP) is 6.56. The van der Waals surface area contributed by atoms with Gasteiger partial charge in [0.1, 0.15) is 0 Å². The first kappa shape index (κ1) is 26.3. The monoisotopic (exact) mass is 525 g/mol. The Labute approximate surface area is 233 Å². The van der Waals surface area contributed by atoms with Crippen molar-refractivity contribution >= 4 is 40.9 Å². The van der Waals surface area contributed by atoms with E-state index in [1.807, 2.05) is 0 Å². The third kappa shape index (κ3) is 5.34. The second kappa shape index (κ2) is 11.2. The van der Waals surface area contributed by atoms with Gasteiger partial charge in [-0.05, 0) is 73.4 Å². The van der Waals surface area contributed by atoms with Crippen molar-refractivity contribution in [1.82, 2.24) is 4.98 Å². The molecule has 0 radical (unpaired) electrons. The summed E-state index contributed by atoms with van der Waals surface area (Å²) in [5.74, 6) is 0. The molecule has 1 heterocycles. The molecule has 1 aromatic heterocycles. The van der Waals surface area contributed by atoms with Gasteiger partial charge >= 0.3 is 0 Å². The van der Waals surface area contributed by atoms with E-state index >= 15 is 0 Å². The largest absolute Gasteiger partial charge is 0.353 e. The molecule has 0 saturated carbocycles. The number of hydrogen-bond acceptors (Lipinski definition) is 2. The first-order valence-corrected chi connectivity index (χ1v) is 15.4. The quantitative estimate of drug-likeness (QED) is 0.142. The van der Waals surface area contributed by atoms with Crippen molar-refractivity contribution in [3.8, 4) is 0 Å². The summed E-state index contributed by atoms with van der Waals surface area (Å²) in [7, 11) is -2.73. The number of H-pyrrole nitrogens is 1. The number of nitrogens with one attached hydrogen (secondary N) is 1. The highest BCUT2D eigenvalue weighted by Crippen LogP contribution is 2.26. The molecular weight excluding hydrogens is 490 g/mol. The molecule has 3 nitrogen and oxygen atoms in total. The normalized spacial score (nSPS) is 12.5. The standard InChI is InChI=1S/C35H35N3Si/c1-25-23-26(2)35(27(3)24-25)36-28(4)33-21-22-34(37-33)29(5)38-39(30-15-9-6-10-16-30,31-17-11-7-12-18-31)32-19-13-8-14-20-32/h6-24,37H,1-5H3/b36-28?,38-29+. The topological polar surface area (TPSA) is 40.5 Å². The number of aryl methyl sites for hydroxylation is 3. The van der Waals surface area contributed by atoms with Crippen molar-refractivity contribution in [2.45, 2.75) is 34.6 Å². The number of hydrogen-bond donors (Lipinski definition) is 1. The van der Waals surface area contributed by atoms with Crippen molar-refractivity contribution in [3.63, 3.8) is 0 Å². The first-order valence-electron chi connectivity index (χ1n) is 13.4. The van der Waals surface area contributed by atoms with E-state index in [1.165, 1.54) is 32.3 Å². The number of rotatable bonds is 7. The molecule has 0 saturated heterocycles. The summed E-state index contributed by atoms with van der Waals surface area (Å²) in [4.78, 5) is 8.63. The summed E-state index contributed by atoms with van der Waals surface area (Å²) in [5.41, 5.74) is 8.66. The van der Waals surface area contributed by atoms with Crippen LogP contribution in [0.2, 0.25) is 0 Å². The van der Waals surface area contributed by atoms with Crippen molar-refractivity contribution in [2.24, 2.45) is 9.65 Å². The third-order valence-corrected chi connectivity index (χ3v) is 11.5. The van der Waals surface area contributed by atoms with Crippen LogP contribution in [-0.4, -0.2) is 24.6 Å². The van der Waals surface area contributed by atoms with Crippen LogP contribution in [0.3, 0.4) is 0 Å². The highest BCUT2D eigenvalue weighted by molar-refractivity contribution is 7.10. The molecule has 0 aliphatic rings. The maximum Gasteiger partial charge on any atom is 0.273 e. The lowest BCUT2D eigenvalue weighted by Crippen LogP contribution is -2.66. The Bertz CT molecular complexity index is 1510. The van der Waals surface area contributed by atoms with E-state index in [1.54, 1.807) is 0 Å². The zero-order chi connectivity index (χ0) is 27.4. The van der Waals surface area contributed by atoms with E-state index in [0.717, 1.165) is 28.5 Å². The average Bonchev–Trinajstić information content (AvgIpc) is 3.46. The van der Waals surface area contributed by atoms with Crippen LogP contribution in [0.5, 0.6) is 0 Å². The van der Waals surface area contributed by atoms with Gasteiger partial charge in [0, 0.05) is 5.71 Å². The molecular formula is C35H35N3Si. The Morgan fingerprint density at radius 3 is 1.41 bits per heavy atom. The third-order valence-electron chi connectivity index (χ3n) is 7.29. The number of aliphatic imine (C=N–C) groups is 1. The Balaban J connectivity index is 1.63. The number of benzene rings is 4. The fourth-order valence-corrected chi connectivity index (χ4v) is 9.47. The molecule has 0 spiro atoms. The molecule has 0 fully saturated rings. The minimum Gasteiger partial charge on any atom is -0.353 e. The van der Waals surface area contributed by atoms with Gasteiger partial charge in [0.25, 0.3) is 8.24 Å². The minimum absolute atomic E-state index is 0.960. The van der Waals surface area contributed by atoms with Crippen LogP contribution in [0.25, 0.3) is 0 Å². The lowest BCUT2D eigenvalue weighted by atomic mass is 10.1. The molecule has 194 valence electrons. The smallest absolute Gasteiger partial charge is 0.273 e. The van der Waals surface area contributed by atoms with E-state index in [9.17, 15) is 0 Å². The van der Waals surface area contributed by atoms with Gasteiger partial charge in [0.2, 0.25) is 0 Å². The maximum atomic E-state index is 5.67. The fraction of sp³-hybridized carbons (Fsp3) is 0.143. The average molecular weight is 526 g/mol. The van der Waals surface area contributed by atoms with Gasteiger partial charge in [-0.25, -0.2) is 0 Å². The van der Waals surface area contributed by atoms with Crippen LogP contribution < -0.4 is 15.6 Å². The Kier molecular flexibility index (Phi) is 7.57. The SMILES string of the molecule is CC(=Nc1c(C)cc(C)cc1C)c1ccc(/C(C)=N/[Si](c2ccccc2)(c2ccccc2)c2ccccc2)[nH]1. The van der Waals surface area contributed by atoms with Crippen molar-refractivity contribution in [1.29, 1.82) is 0 Å². The number of nitrogens with zero attached hydrogens (tertiary/aromatic N) is 2. The zero-order valence-electron chi connectivity index (χ0n) is 23.4. The van der Waals surface area contributed by atoms with Crippen LogP contribution in [0, 0.1) is 20.8 Å². The number of aromatic amines is 1. The van der Waals surface area contributed by atoms with E-state index < -0.39 is 8.24 Å². The van der Waals surface area contributed by atoms with Gasteiger partial charge < -0.3 is 9.64 Å². The predicted molar refractivity (Wildman–Crippen MR) is 170 cm³/mol. The molecule has 0 aliphatic heterocycles. The van der Waals surface area contributed by atoms with E-state index in [-0.39, 0.29) is 0 Å². The fourth-order valence-electron chi connectivity index (χ4n) is 5.44. The summed E-state index contributed by atoms with van der Waals surface area (Å²) >= 11 is 0. The summed E-state index contributed by atoms with van der Waals surface area (Å²) in [6, 6.07) is 40.9. The van der Waals surface area contributed by atoms with E-state index in [0.29, 0.717) is 0 Å². The lowest BCUT2D eigenvalue weighted by molar-refractivity contribution is 1.27. The number of aromatic nitrogens is 1. The van der Waals surface area contributed by atoms with Gasteiger partial charge in [-0.2, -0.15) is 0 Å². The van der Waals surface area contributed by atoms with Crippen LogP contribution in [-0.2, 0) is 0 Å². The molecule has 0 atom stereocenters. The van der Waals surface area contributed by atoms with Crippen LogP contribution in [0.15, 0.2) is 125 Å². The van der Waals surface area contributed by atoms with E-state index in [4.69, 9.17) is 9.65 Å². The minimum atomic E-state index is -2.73. The molecule has 0 unspecified atom stereocenters. The Morgan fingerprint density at radius 2 is 0.974 bits per heavy atom. The van der Waals surface area contributed by atoms with Crippen molar-refractivity contribution in [3.05, 3.63) is 143 Å².